The van der Waals surface area contributed by atoms with Gasteiger partial charge in [0, 0.05) is 38.6 Å². The van der Waals surface area contributed by atoms with E-state index in [-0.39, 0.29) is 12.0 Å². The van der Waals surface area contributed by atoms with Crippen molar-refractivity contribution in [2.24, 2.45) is 5.92 Å². The molecule has 0 atom stereocenters. The van der Waals surface area contributed by atoms with E-state index >= 15 is 0 Å². The van der Waals surface area contributed by atoms with E-state index in [0.29, 0.717) is 5.91 Å². The van der Waals surface area contributed by atoms with Crippen molar-refractivity contribution in [3.05, 3.63) is 113 Å². The number of nitrogens with zero attached hydrogens (tertiary/aromatic N) is 3. The predicted octanol–water partition coefficient (Wildman–Crippen LogP) is 5.74. The molecular weight excluding hydrogens is 454 g/mol. The van der Waals surface area contributed by atoms with Crippen LogP contribution in [0.1, 0.15) is 42.5 Å². The Hall–Kier alpha value is -3.21. The van der Waals surface area contributed by atoms with E-state index in [1.54, 1.807) is 0 Å². The number of rotatable bonds is 7. The van der Waals surface area contributed by atoms with E-state index in [0.717, 1.165) is 58.7 Å². The van der Waals surface area contributed by atoms with Crippen molar-refractivity contribution in [2.75, 3.05) is 45.8 Å². The second-order valence-electron chi connectivity index (χ2n) is 10.5. The summed E-state index contributed by atoms with van der Waals surface area (Å²) in [5, 5.41) is 0. The van der Waals surface area contributed by atoms with Gasteiger partial charge in [-0.3, -0.25) is 14.6 Å². The van der Waals surface area contributed by atoms with Gasteiger partial charge in [-0.1, -0.05) is 103 Å². The molecule has 2 fully saturated rings. The van der Waals surface area contributed by atoms with Crippen LogP contribution < -0.4 is 0 Å². The Morgan fingerprint density at radius 3 is 1.81 bits per heavy atom. The van der Waals surface area contributed by atoms with Crippen LogP contribution in [0, 0.1) is 5.92 Å². The maximum atomic E-state index is 13.4. The summed E-state index contributed by atoms with van der Waals surface area (Å²) in [6.07, 6.45) is 4.21. The summed E-state index contributed by atoms with van der Waals surface area (Å²) >= 11 is 0. The van der Waals surface area contributed by atoms with Crippen LogP contribution >= 0.6 is 0 Å². The Balaban J connectivity index is 1.13. The molecule has 0 aliphatic carbocycles. The van der Waals surface area contributed by atoms with Gasteiger partial charge in [-0.25, -0.2) is 0 Å². The Morgan fingerprint density at radius 2 is 1.27 bits per heavy atom. The zero-order chi connectivity index (χ0) is 25.5. The summed E-state index contributed by atoms with van der Waals surface area (Å²) in [7, 11) is 0. The zero-order valence-corrected chi connectivity index (χ0v) is 22.0. The smallest absolute Gasteiger partial charge is 0.225 e. The molecule has 1 amide bonds. The van der Waals surface area contributed by atoms with Crippen LogP contribution in [0.15, 0.2) is 96.6 Å². The Morgan fingerprint density at radius 1 is 0.757 bits per heavy atom. The van der Waals surface area contributed by atoms with E-state index in [1.807, 2.05) is 0 Å². The minimum absolute atomic E-state index is 0.167. The molecule has 4 heteroatoms. The molecule has 2 heterocycles. The monoisotopic (exact) mass is 493 g/mol. The molecule has 192 valence electrons. The highest BCUT2D eigenvalue weighted by Gasteiger charge is 2.32. The fourth-order valence-corrected chi connectivity index (χ4v) is 5.91. The van der Waals surface area contributed by atoms with Gasteiger partial charge in [0.05, 0.1) is 6.04 Å². The highest BCUT2D eigenvalue weighted by atomic mass is 16.2. The highest BCUT2D eigenvalue weighted by Crippen LogP contribution is 2.30. The quantitative estimate of drug-likeness (QED) is 0.420. The molecule has 0 saturated carbocycles. The highest BCUT2D eigenvalue weighted by molar-refractivity contribution is 5.79. The summed E-state index contributed by atoms with van der Waals surface area (Å²) in [5.41, 5.74) is 5.26. The SMILES string of the molecule is CC(=Cc1ccccc1)CN1CCC(C(=O)N2CCN(C(c3ccccc3)c3ccccc3)CC2)CC1. The van der Waals surface area contributed by atoms with Crippen LogP contribution in [0.2, 0.25) is 0 Å². The second kappa shape index (κ2) is 12.4. The minimum atomic E-state index is 0.167. The molecule has 0 N–H and O–H groups in total. The van der Waals surface area contributed by atoms with Crippen molar-refractivity contribution in [1.82, 2.24) is 14.7 Å². The Bertz CT molecular complexity index is 1110. The molecule has 0 radical (unpaired) electrons. The van der Waals surface area contributed by atoms with E-state index in [1.165, 1.54) is 22.3 Å². The number of hydrogen-bond donors (Lipinski definition) is 0. The number of benzene rings is 3. The average Bonchev–Trinajstić information content (AvgIpc) is 2.95. The molecule has 0 aromatic heterocycles. The topological polar surface area (TPSA) is 26.8 Å². The van der Waals surface area contributed by atoms with Gasteiger partial charge < -0.3 is 4.90 Å². The molecule has 3 aromatic rings. The Labute approximate surface area is 222 Å². The number of hydrogen-bond acceptors (Lipinski definition) is 3. The van der Waals surface area contributed by atoms with Crippen LogP contribution in [0.5, 0.6) is 0 Å². The van der Waals surface area contributed by atoms with Gasteiger partial charge in [-0.05, 0) is 49.5 Å². The first-order valence-corrected chi connectivity index (χ1v) is 13.7. The number of carbonyl (C=O) groups excluding carboxylic acids is 1. The predicted molar refractivity (Wildman–Crippen MR) is 152 cm³/mol. The fraction of sp³-hybridized carbons (Fsp3) is 0.364. The first-order valence-electron chi connectivity index (χ1n) is 13.7. The number of piperidine rings is 1. The minimum Gasteiger partial charge on any atom is -0.340 e. The van der Waals surface area contributed by atoms with Crippen molar-refractivity contribution in [2.45, 2.75) is 25.8 Å². The molecule has 2 aliphatic heterocycles. The van der Waals surface area contributed by atoms with Crippen LogP contribution in [0.25, 0.3) is 6.08 Å². The van der Waals surface area contributed by atoms with Crippen molar-refractivity contribution in [1.29, 1.82) is 0 Å². The van der Waals surface area contributed by atoms with Gasteiger partial charge in [0.1, 0.15) is 0 Å². The number of carbonyl (C=O) groups is 1. The summed E-state index contributed by atoms with van der Waals surface area (Å²) in [6.45, 7) is 8.63. The summed E-state index contributed by atoms with van der Waals surface area (Å²) in [4.78, 5) is 20.6. The molecule has 5 rings (SSSR count). The normalized spacial score (nSPS) is 18.3. The fourth-order valence-electron chi connectivity index (χ4n) is 5.91. The molecule has 2 aliphatic rings. The molecule has 3 aromatic carbocycles. The lowest BCUT2D eigenvalue weighted by Gasteiger charge is -2.41. The van der Waals surface area contributed by atoms with E-state index in [2.05, 4.69) is 119 Å². The van der Waals surface area contributed by atoms with Crippen molar-refractivity contribution in [3.8, 4) is 0 Å². The maximum absolute atomic E-state index is 13.4. The molecule has 4 nitrogen and oxygen atoms in total. The number of likely N-dealkylation sites (tertiary alicyclic amines) is 1. The number of piperazine rings is 1. The van der Waals surface area contributed by atoms with E-state index < -0.39 is 0 Å². The van der Waals surface area contributed by atoms with E-state index in [4.69, 9.17) is 0 Å². The molecule has 2 saturated heterocycles. The largest absolute Gasteiger partial charge is 0.340 e. The van der Waals surface area contributed by atoms with Gasteiger partial charge in [0.2, 0.25) is 5.91 Å². The van der Waals surface area contributed by atoms with Gasteiger partial charge in [0.15, 0.2) is 0 Å². The lowest BCUT2D eigenvalue weighted by molar-refractivity contribution is -0.139. The van der Waals surface area contributed by atoms with Crippen LogP contribution in [-0.2, 0) is 4.79 Å². The van der Waals surface area contributed by atoms with Crippen LogP contribution in [-0.4, -0.2) is 66.4 Å². The average molecular weight is 494 g/mol. The summed E-state index contributed by atoms with van der Waals surface area (Å²) in [5.74, 6) is 0.534. The first kappa shape index (κ1) is 25.4. The van der Waals surface area contributed by atoms with Crippen LogP contribution in [0.4, 0.5) is 0 Å². The third kappa shape index (κ3) is 6.57. The van der Waals surface area contributed by atoms with Crippen molar-refractivity contribution < 1.29 is 4.79 Å². The lowest BCUT2D eigenvalue weighted by Crippen LogP contribution is -2.52. The summed E-state index contributed by atoms with van der Waals surface area (Å²) in [6, 6.07) is 32.3. The van der Waals surface area contributed by atoms with Gasteiger partial charge >= 0.3 is 0 Å². The van der Waals surface area contributed by atoms with Gasteiger partial charge in [-0.15, -0.1) is 0 Å². The Kier molecular flexibility index (Phi) is 8.49. The van der Waals surface area contributed by atoms with Crippen LogP contribution in [0.3, 0.4) is 0 Å². The van der Waals surface area contributed by atoms with Gasteiger partial charge in [0.25, 0.3) is 0 Å². The van der Waals surface area contributed by atoms with Crippen molar-refractivity contribution in [3.63, 3.8) is 0 Å². The molecule has 0 unspecified atom stereocenters. The molecular formula is C33H39N3O. The summed E-state index contributed by atoms with van der Waals surface area (Å²) < 4.78 is 0. The molecule has 0 spiro atoms. The number of amides is 1. The molecule has 0 bridgehead atoms. The third-order valence-corrected chi connectivity index (χ3v) is 7.84. The van der Waals surface area contributed by atoms with Gasteiger partial charge in [-0.2, -0.15) is 0 Å². The standard InChI is InChI=1S/C33H39N3O/c1-27(25-28-11-5-2-6-12-28)26-34-19-17-31(18-20-34)33(37)36-23-21-35(22-24-36)32(29-13-7-3-8-14-29)30-15-9-4-10-16-30/h2-16,25,31-32H,17-24,26H2,1H3. The molecule has 37 heavy (non-hydrogen) atoms. The lowest BCUT2D eigenvalue weighted by atomic mass is 9.94. The third-order valence-electron chi connectivity index (χ3n) is 7.84. The second-order valence-corrected chi connectivity index (χ2v) is 10.5. The van der Waals surface area contributed by atoms with Crippen molar-refractivity contribution >= 4 is 12.0 Å². The van der Waals surface area contributed by atoms with E-state index in [9.17, 15) is 4.79 Å². The maximum Gasteiger partial charge on any atom is 0.225 e. The zero-order valence-electron chi connectivity index (χ0n) is 22.0. The first-order chi connectivity index (χ1) is 18.2.